The molecule has 1 aliphatic carbocycles. The van der Waals surface area contributed by atoms with Crippen LogP contribution in [-0.4, -0.2) is 48.7 Å². The summed E-state index contributed by atoms with van der Waals surface area (Å²) < 4.78 is 18.6. The molecular formula is C18H25FN2O3. The molecule has 132 valence electrons. The lowest BCUT2D eigenvalue weighted by molar-refractivity contribution is -0.126. The van der Waals surface area contributed by atoms with E-state index in [1.54, 1.807) is 6.07 Å². The Hall–Kier alpha value is -1.66. The second-order valence-electron chi connectivity index (χ2n) is 6.77. The van der Waals surface area contributed by atoms with E-state index in [0.29, 0.717) is 18.2 Å². The number of rotatable bonds is 6. The van der Waals surface area contributed by atoms with Gasteiger partial charge >= 0.3 is 0 Å². The molecule has 3 rings (SSSR count). The van der Waals surface area contributed by atoms with Gasteiger partial charge in [-0.05, 0) is 56.5 Å². The highest BCUT2D eigenvalue weighted by Gasteiger charge is 2.30. The Morgan fingerprint density at radius 1 is 1.38 bits per heavy atom. The maximum absolute atomic E-state index is 13.7. The third-order valence-corrected chi connectivity index (χ3v) is 4.87. The van der Waals surface area contributed by atoms with Crippen LogP contribution in [0.15, 0.2) is 18.2 Å². The van der Waals surface area contributed by atoms with Crippen LogP contribution in [-0.2, 0) is 4.79 Å². The van der Waals surface area contributed by atoms with Crippen LogP contribution in [0.3, 0.4) is 0 Å². The van der Waals surface area contributed by atoms with E-state index in [9.17, 15) is 14.3 Å². The van der Waals surface area contributed by atoms with Gasteiger partial charge in [-0.15, -0.1) is 0 Å². The van der Waals surface area contributed by atoms with Crippen LogP contribution in [0.1, 0.15) is 37.4 Å². The minimum absolute atomic E-state index is 0.0809. The first-order valence-electron chi connectivity index (χ1n) is 8.61. The van der Waals surface area contributed by atoms with Crippen molar-refractivity contribution >= 4 is 5.91 Å². The minimum Gasteiger partial charge on any atom is -0.494 e. The Bertz CT molecular complexity index is 584. The molecule has 1 amide bonds. The van der Waals surface area contributed by atoms with Crippen LogP contribution in [0.25, 0.3) is 0 Å². The molecule has 0 bridgehead atoms. The van der Waals surface area contributed by atoms with Crippen molar-refractivity contribution in [1.82, 2.24) is 10.2 Å². The SMILES string of the molecule is COc1ccc(C(O)CN2CCC(C(=O)NC3CC3)CC2)cc1F. The number of hydrogen-bond donors (Lipinski definition) is 2. The predicted octanol–water partition coefficient (Wildman–Crippen LogP) is 1.86. The number of ether oxygens (including phenoxy) is 1. The molecule has 1 aliphatic heterocycles. The largest absolute Gasteiger partial charge is 0.494 e. The summed E-state index contributed by atoms with van der Waals surface area (Å²) in [5, 5.41) is 13.4. The molecule has 1 aromatic rings. The van der Waals surface area contributed by atoms with Crippen LogP contribution in [0, 0.1) is 11.7 Å². The fourth-order valence-electron chi connectivity index (χ4n) is 3.16. The predicted molar refractivity (Wildman–Crippen MR) is 88.2 cm³/mol. The number of nitrogens with one attached hydrogen (secondary N) is 1. The van der Waals surface area contributed by atoms with Crippen molar-refractivity contribution in [3.8, 4) is 5.75 Å². The fraction of sp³-hybridized carbons (Fsp3) is 0.611. The van der Waals surface area contributed by atoms with E-state index in [1.807, 2.05) is 0 Å². The number of likely N-dealkylation sites (tertiary alicyclic amines) is 1. The standard InChI is InChI=1S/C18H25FN2O3/c1-24-17-5-2-13(10-15(17)19)16(22)11-21-8-6-12(7-9-21)18(23)20-14-3-4-14/h2,5,10,12,14,16,22H,3-4,6-9,11H2,1H3,(H,20,23). The number of aliphatic hydroxyl groups is 1. The molecule has 1 saturated carbocycles. The van der Waals surface area contributed by atoms with Gasteiger partial charge in [-0.2, -0.15) is 0 Å². The van der Waals surface area contributed by atoms with Crippen LogP contribution in [0.5, 0.6) is 5.75 Å². The maximum Gasteiger partial charge on any atom is 0.223 e. The molecule has 1 unspecified atom stereocenters. The van der Waals surface area contributed by atoms with Crippen LogP contribution < -0.4 is 10.1 Å². The zero-order chi connectivity index (χ0) is 17.1. The summed E-state index contributed by atoms with van der Waals surface area (Å²) in [6.45, 7) is 2.00. The van der Waals surface area contributed by atoms with E-state index in [1.165, 1.54) is 19.2 Å². The van der Waals surface area contributed by atoms with Gasteiger partial charge < -0.3 is 20.1 Å². The molecule has 5 nitrogen and oxygen atoms in total. The molecule has 6 heteroatoms. The van der Waals surface area contributed by atoms with Crippen molar-refractivity contribution in [1.29, 1.82) is 0 Å². The van der Waals surface area contributed by atoms with E-state index in [-0.39, 0.29) is 17.6 Å². The van der Waals surface area contributed by atoms with Crippen molar-refractivity contribution in [2.24, 2.45) is 5.92 Å². The molecular weight excluding hydrogens is 311 g/mol. The summed E-state index contributed by atoms with van der Waals surface area (Å²) in [6, 6.07) is 4.94. The van der Waals surface area contributed by atoms with Gasteiger partial charge in [-0.25, -0.2) is 4.39 Å². The smallest absolute Gasteiger partial charge is 0.223 e. The van der Waals surface area contributed by atoms with Gasteiger partial charge in [-0.1, -0.05) is 6.07 Å². The van der Waals surface area contributed by atoms with Crippen LogP contribution in [0.4, 0.5) is 4.39 Å². The normalized spacial score (nSPS) is 20.6. The van der Waals surface area contributed by atoms with E-state index < -0.39 is 11.9 Å². The quantitative estimate of drug-likeness (QED) is 0.832. The monoisotopic (exact) mass is 336 g/mol. The molecule has 0 radical (unpaired) electrons. The van der Waals surface area contributed by atoms with Crippen molar-refractivity contribution in [3.05, 3.63) is 29.6 Å². The molecule has 2 fully saturated rings. The highest BCUT2D eigenvalue weighted by molar-refractivity contribution is 5.79. The summed E-state index contributed by atoms with van der Waals surface area (Å²) in [5.41, 5.74) is 0.543. The maximum atomic E-state index is 13.7. The van der Waals surface area contributed by atoms with Gasteiger partial charge in [0.1, 0.15) is 0 Å². The number of halogens is 1. The van der Waals surface area contributed by atoms with E-state index in [4.69, 9.17) is 4.74 Å². The Morgan fingerprint density at radius 2 is 2.08 bits per heavy atom. The van der Waals surface area contributed by atoms with Crippen molar-refractivity contribution in [3.63, 3.8) is 0 Å². The van der Waals surface area contributed by atoms with E-state index >= 15 is 0 Å². The molecule has 0 aromatic heterocycles. The highest BCUT2D eigenvalue weighted by atomic mass is 19.1. The number of aliphatic hydroxyl groups excluding tert-OH is 1. The summed E-state index contributed by atoms with van der Waals surface area (Å²) in [6.07, 6.45) is 3.08. The van der Waals surface area contributed by atoms with Gasteiger partial charge in [0.05, 0.1) is 13.2 Å². The molecule has 1 saturated heterocycles. The van der Waals surface area contributed by atoms with Gasteiger partial charge in [0.25, 0.3) is 0 Å². The molecule has 1 aromatic carbocycles. The van der Waals surface area contributed by atoms with Gasteiger partial charge in [-0.3, -0.25) is 4.79 Å². The number of hydrogen-bond acceptors (Lipinski definition) is 4. The molecule has 24 heavy (non-hydrogen) atoms. The number of nitrogens with zero attached hydrogens (tertiary/aromatic N) is 1. The van der Waals surface area contributed by atoms with Crippen LogP contribution in [0.2, 0.25) is 0 Å². The van der Waals surface area contributed by atoms with E-state index in [0.717, 1.165) is 38.8 Å². The molecule has 2 aliphatic rings. The number of carbonyl (C=O) groups excluding carboxylic acids is 1. The molecule has 0 spiro atoms. The van der Waals surface area contributed by atoms with Crippen molar-refractivity contribution in [2.45, 2.75) is 37.8 Å². The first-order valence-corrected chi connectivity index (χ1v) is 8.61. The van der Waals surface area contributed by atoms with E-state index in [2.05, 4.69) is 10.2 Å². The highest BCUT2D eigenvalue weighted by Crippen LogP contribution is 2.25. The minimum atomic E-state index is -0.748. The number of amides is 1. The van der Waals surface area contributed by atoms with Gasteiger partial charge in [0, 0.05) is 18.5 Å². The number of carbonyl (C=O) groups is 1. The Balaban J connectivity index is 1.48. The van der Waals surface area contributed by atoms with Crippen LogP contribution >= 0.6 is 0 Å². The summed E-state index contributed by atoms with van der Waals surface area (Å²) in [5.74, 6) is -0.0368. The molecule has 2 N–H and O–H groups in total. The topological polar surface area (TPSA) is 61.8 Å². The average Bonchev–Trinajstić information content (AvgIpc) is 3.39. The first kappa shape index (κ1) is 17.2. The average molecular weight is 336 g/mol. The van der Waals surface area contributed by atoms with Gasteiger partial charge in [0.2, 0.25) is 5.91 Å². The second-order valence-corrected chi connectivity index (χ2v) is 6.77. The summed E-state index contributed by atoms with van der Waals surface area (Å²) >= 11 is 0. The summed E-state index contributed by atoms with van der Waals surface area (Å²) in [4.78, 5) is 14.2. The lowest BCUT2D eigenvalue weighted by Gasteiger charge is -2.32. The number of benzene rings is 1. The zero-order valence-corrected chi connectivity index (χ0v) is 14.0. The number of piperidine rings is 1. The third-order valence-electron chi connectivity index (χ3n) is 4.87. The summed E-state index contributed by atoms with van der Waals surface area (Å²) in [7, 11) is 1.41. The Morgan fingerprint density at radius 3 is 2.67 bits per heavy atom. The third kappa shape index (κ3) is 4.24. The number of methoxy groups -OCH3 is 1. The first-order chi connectivity index (χ1) is 11.6. The fourth-order valence-corrected chi connectivity index (χ4v) is 3.16. The lowest BCUT2D eigenvalue weighted by Crippen LogP contribution is -2.42. The zero-order valence-electron chi connectivity index (χ0n) is 14.0. The van der Waals surface area contributed by atoms with Gasteiger partial charge in [0.15, 0.2) is 11.6 Å². The number of β-amino-alcohol motifs (C(OH)–C–C–N with tert-alkyl or cyclic N) is 1. The molecule has 1 atom stereocenters. The van der Waals surface area contributed by atoms with Crippen molar-refractivity contribution in [2.75, 3.05) is 26.7 Å². The Labute approximate surface area is 141 Å². The second kappa shape index (κ2) is 7.49. The molecule has 1 heterocycles. The Kier molecular flexibility index (Phi) is 5.36. The van der Waals surface area contributed by atoms with Crippen molar-refractivity contribution < 1.29 is 19.0 Å². The lowest BCUT2D eigenvalue weighted by atomic mass is 9.95.